The molecule has 2 aliphatic rings. The van der Waals surface area contributed by atoms with Gasteiger partial charge in [0, 0.05) is 11.6 Å². The molecule has 1 aliphatic heterocycles. The maximum atomic E-state index is 6.70. The van der Waals surface area contributed by atoms with Gasteiger partial charge in [-0.2, -0.15) is 0 Å². The second kappa shape index (κ2) is 6.38. The van der Waals surface area contributed by atoms with Crippen LogP contribution < -0.4 is 5.73 Å². The molecule has 2 rings (SSSR count). The summed E-state index contributed by atoms with van der Waals surface area (Å²) in [5, 5.41) is 0. The third kappa shape index (κ3) is 2.75. The van der Waals surface area contributed by atoms with Gasteiger partial charge in [-0.05, 0) is 51.1 Å². The van der Waals surface area contributed by atoms with E-state index in [0.717, 1.165) is 5.92 Å². The highest BCUT2D eigenvalue weighted by atomic mass is 15.2. The molecule has 1 saturated heterocycles. The molecule has 2 N–H and O–H groups in total. The van der Waals surface area contributed by atoms with Gasteiger partial charge in [0.1, 0.15) is 0 Å². The molecular weight excluding hydrogens is 220 g/mol. The zero-order chi connectivity index (χ0) is 13.0. The molecule has 0 radical (unpaired) electrons. The summed E-state index contributed by atoms with van der Waals surface area (Å²) in [7, 11) is 0. The molecule has 0 spiro atoms. The predicted octanol–water partition coefficient (Wildman–Crippen LogP) is 3.55. The fraction of sp³-hybridized carbons (Fsp3) is 1.00. The molecule has 1 heterocycles. The summed E-state index contributed by atoms with van der Waals surface area (Å²) in [6.07, 6.45) is 12.1. The largest absolute Gasteiger partial charge is 0.326 e. The third-order valence-corrected chi connectivity index (χ3v) is 5.64. The Morgan fingerprint density at radius 3 is 2.06 bits per heavy atom. The Morgan fingerprint density at radius 1 is 1.00 bits per heavy atom. The molecule has 2 nitrogen and oxygen atoms in total. The number of likely N-dealkylation sites (tertiary alicyclic amines) is 1. The molecule has 1 atom stereocenters. The monoisotopic (exact) mass is 252 g/mol. The van der Waals surface area contributed by atoms with Crippen molar-refractivity contribution in [3.8, 4) is 0 Å². The van der Waals surface area contributed by atoms with Gasteiger partial charge in [-0.3, -0.25) is 4.90 Å². The lowest BCUT2D eigenvalue weighted by Gasteiger charge is -2.44. The van der Waals surface area contributed by atoms with E-state index in [1.54, 1.807) is 0 Å². The number of nitrogens with zero attached hydrogens (tertiary/aromatic N) is 1. The van der Waals surface area contributed by atoms with Crippen LogP contribution in [0.4, 0.5) is 0 Å². The van der Waals surface area contributed by atoms with Gasteiger partial charge in [0.05, 0.1) is 0 Å². The Labute approximate surface area is 113 Å². The smallest absolute Gasteiger partial charge is 0.0360 e. The quantitative estimate of drug-likeness (QED) is 0.783. The van der Waals surface area contributed by atoms with Crippen LogP contribution in [-0.4, -0.2) is 29.6 Å². The molecule has 1 unspecified atom stereocenters. The predicted molar refractivity (Wildman–Crippen MR) is 78.7 cm³/mol. The first-order valence-electron chi connectivity index (χ1n) is 8.23. The summed E-state index contributed by atoms with van der Waals surface area (Å²) in [6.45, 7) is 7.24. The molecule has 0 aromatic rings. The summed E-state index contributed by atoms with van der Waals surface area (Å²) in [5.41, 5.74) is 7.08. The van der Waals surface area contributed by atoms with E-state index in [0.29, 0.717) is 11.6 Å². The highest BCUT2D eigenvalue weighted by Gasteiger charge is 2.45. The molecule has 18 heavy (non-hydrogen) atoms. The average Bonchev–Trinajstić information content (AvgIpc) is 3.05. The average molecular weight is 252 g/mol. The van der Waals surface area contributed by atoms with E-state index in [4.69, 9.17) is 5.73 Å². The summed E-state index contributed by atoms with van der Waals surface area (Å²) in [5.74, 6) is 0.833. The van der Waals surface area contributed by atoms with Gasteiger partial charge in [-0.1, -0.05) is 39.5 Å². The third-order valence-electron chi connectivity index (χ3n) is 5.64. The molecule has 2 fully saturated rings. The van der Waals surface area contributed by atoms with Gasteiger partial charge in [-0.15, -0.1) is 0 Å². The first kappa shape index (κ1) is 14.3. The van der Waals surface area contributed by atoms with Crippen molar-refractivity contribution in [2.75, 3.05) is 13.1 Å². The van der Waals surface area contributed by atoms with Crippen molar-refractivity contribution in [2.45, 2.75) is 83.2 Å². The SMILES string of the molecule is CCC(CC)CC(N)C1(N2CCCC2)CCCC1. The Morgan fingerprint density at radius 2 is 1.56 bits per heavy atom. The Kier molecular flexibility index (Phi) is 5.08. The maximum Gasteiger partial charge on any atom is 0.0360 e. The fourth-order valence-electron chi connectivity index (χ4n) is 4.27. The van der Waals surface area contributed by atoms with Crippen molar-refractivity contribution in [3.05, 3.63) is 0 Å². The highest BCUT2D eigenvalue weighted by Crippen LogP contribution is 2.41. The van der Waals surface area contributed by atoms with Gasteiger partial charge in [-0.25, -0.2) is 0 Å². The minimum absolute atomic E-state index is 0.374. The van der Waals surface area contributed by atoms with Crippen molar-refractivity contribution >= 4 is 0 Å². The van der Waals surface area contributed by atoms with Crippen molar-refractivity contribution in [1.82, 2.24) is 4.90 Å². The highest BCUT2D eigenvalue weighted by molar-refractivity contribution is 5.03. The second-order valence-corrected chi connectivity index (χ2v) is 6.53. The van der Waals surface area contributed by atoms with Crippen molar-refractivity contribution < 1.29 is 0 Å². The zero-order valence-electron chi connectivity index (χ0n) is 12.5. The minimum atomic E-state index is 0.374. The molecule has 106 valence electrons. The van der Waals surface area contributed by atoms with Gasteiger partial charge >= 0.3 is 0 Å². The van der Waals surface area contributed by atoms with Crippen LogP contribution in [-0.2, 0) is 0 Å². The molecule has 1 aliphatic carbocycles. The Balaban J connectivity index is 2.04. The van der Waals surface area contributed by atoms with Crippen LogP contribution >= 0.6 is 0 Å². The molecular formula is C16H32N2. The lowest BCUT2D eigenvalue weighted by Crippen LogP contribution is -2.58. The van der Waals surface area contributed by atoms with Crippen LogP contribution in [0.3, 0.4) is 0 Å². The molecule has 0 aromatic carbocycles. The topological polar surface area (TPSA) is 29.3 Å². The first-order valence-corrected chi connectivity index (χ1v) is 8.23. The lowest BCUT2D eigenvalue weighted by molar-refractivity contribution is 0.0811. The minimum Gasteiger partial charge on any atom is -0.326 e. The van der Waals surface area contributed by atoms with Gasteiger partial charge in [0.2, 0.25) is 0 Å². The van der Waals surface area contributed by atoms with E-state index in [9.17, 15) is 0 Å². The molecule has 0 bridgehead atoms. The number of nitrogens with two attached hydrogens (primary N) is 1. The summed E-state index contributed by atoms with van der Waals surface area (Å²) >= 11 is 0. The van der Waals surface area contributed by atoms with Crippen molar-refractivity contribution in [1.29, 1.82) is 0 Å². The van der Waals surface area contributed by atoms with Crippen molar-refractivity contribution in [2.24, 2.45) is 11.7 Å². The van der Waals surface area contributed by atoms with Crippen LogP contribution in [0.5, 0.6) is 0 Å². The number of hydrogen-bond donors (Lipinski definition) is 1. The summed E-state index contributed by atoms with van der Waals surface area (Å²) in [4.78, 5) is 2.76. The normalized spacial score (nSPS) is 26.0. The van der Waals surface area contributed by atoms with Crippen LogP contribution in [0.1, 0.15) is 71.6 Å². The van der Waals surface area contributed by atoms with E-state index >= 15 is 0 Å². The van der Waals surface area contributed by atoms with Gasteiger partial charge < -0.3 is 5.73 Å². The standard InChI is InChI=1S/C16H32N2/c1-3-14(4-2)13-15(17)16(9-5-6-10-16)18-11-7-8-12-18/h14-15H,3-13,17H2,1-2H3. The van der Waals surface area contributed by atoms with Crippen LogP contribution in [0.25, 0.3) is 0 Å². The van der Waals surface area contributed by atoms with Gasteiger partial charge in [0.25, 0.3) is 0 Å². The fourth-order valence-corrected chi connectivity index (χ4v) is 4.27. The Hall–Kier alpha value is -0.0800. The Bertz CT molecular complexity index is 235. The molecule has 0 aromatic heterocycles. The first-order chi connectivity index (χ1) is 8.73. The zero-order valence-corrected chi connectivity index (χ0v) is 12.5. The molecule has 0 amide bonds. The van der Waals surface area contributed by atoms with Crippen LogP contribution in [0.15, 0.2) is 0 Å². The maximum absolute atomic E-state index is 6.70. The van der Waals surface area contributed by atoms with Crippen LogP contribution in [0, 0.1) is 5.92 Å². The van der Waals surface area contributed by atoms with E-state index in [-0.39, 0.29) is 0 Å². The number of rotatable bonds is 6. The summed E-state index contributed by atoms with van der Waals surface area (Å²) < 4.78 is 0. The van der Waals surface area contributed by atoms with E-state index in [1.165, 1.54) is 70.9 Å². The van der Waals surface area contributed by atoms with E-state index < -0.39 is 0 Å². The number of hydrogen-bond acceptors (Lipinski definition) is 2. The summed E-state index contributed by atoms with van der Waals surface area (Å²) in [6, 6.07) is 0.406. The lowest BCUT2D eigenvalue weighted by atomic mass is 9.80. The van der Waals surface area contributed by atoms with E-state index in [2.05, 4.69) is 18.7 Å². The molecule has 1 saturated carbocycles. The van der Waals surface area contributed by atoms with E-state index in [1.807, 2.05) is 0 Å². The van der Waals surface area contributed by atoms with Gasteiger partial charge in [0.15, 0.2) is 0 Å². The second-order valence-electron chi connectivity index (χ2n) is 6.53. The van der Waals surface area contributed by atoms with Crippen LogP contribution in [0.2, 0.25) is 0 Å². The molecule has 2 heteroatoms. The van der Waals surface area contributed by atoms with Crippen molar-refractivity contribution in [3.63, 3.8) is 0 Å².